The van der Waals surface area contributed by atoms with Crippen LogP contribution in [0.1, 0.15) is 50.2 Å². The highest BCUT2D eigenvalue weighted by Crippen LogP contribution is 2.32. The van der Waals surface area contributed by atoms with E-state index in [0.717, 1.165) is 56.4 Å². The minimum atomic E-state index is -3.20. The first-order chi connectivity index (χ1) is 15.2. The molecule has 178 valence electrons. The van der Waals surface area contributed by atoms with Crippen molar-refractivity contribution >= 4 is 21.6 Å². The second-order valence-corrected chi connectivity index (χ2v) is 11.5. The number of hydrogen-bond donors (Lipinski definition) is 2. The van der Waals surface area contributed by atoms with Crippen molar-refractivity contribution in [2.24, 2.45) is 0 Å². The van der Waals surface area contributed by atoms with Gasteiger partial charge in [-0.1, -0.05) is 13.0 Å². The summed E-state index contributed by atoms with van der Waals surface area (Å²) in [4.78, 5) is 15.3. The molecule has 3 aliphatic rings. The summed E-state index contributed by atoms with van der Waals surface area (Å²) in [5.41, 5.74) is 2.30. The lowest BCUT2D eigenvalue weighted by Gasteiger charge is -2.36. The van der Waals surface area contributed by atoms with Crippen molar-refractivity contribution in [3.05, 3.63) is 29.1 Å². The molecule has 0 bridgehead atoms. The zero-order valence-electron chi connectivity index (χ0n) is 19.2. The Morgan fingerprint density at radius 1 is 1.31 bits per heavy atom. The third-order valence-electron chi connectivity index (χ3n) is 7.36. The number of sulfonamides is 1. The van der Waals surface area contributed by atoms with E-state index >= 15 is 0 Å². The molecule has 9 heteroatoms. The van der Waals surface area contributed by atoms with Crippen molar-refractivity contribution in [1.82, 2.24) is 14.5 Å². The molecular formula is C23H35FN4O3S. The van der Waals surface area contributed by atoms with Crippen LogP contribution in [0, 0.1) is 12.7 Å². The number of likely N-dealkylation sites (N-methyl/N-ethyl adjacent to an activating group) is 1. The molecule has 1 unspecified atom stereocenters. The first-order valence-electron chi connectivity index (χ1n) is 11.7. The molecular weight excluding hydrogens is 431 g/mol. The van der Waals surface area contributed by atoms with E-state index in [-0.39, 0.29) is 23.8 Å². The number of carbonyl (C=O) groups excluding carboxylic acids is 1. The summed E-state index contributed by atoms with van der Waals surface area (Å²) >= 11 is 0. The van der Waals surface area contributed by atoms with Crippen LogP contribution in [0.2, 0.25) is 0 Å². The number of benzene rings is 1. The zero-order valence-corrected chi connectivity index (χ0v) is 20.0. The van der Waals surface area contributed by atoms with E-state index in [1.807, 2.05) is 13.8 Å². The molecule has 1 saturated heterocycles. The molecule has 0 radical (unpaired) electrons. The number of likely N-dealkylation sites (tertiary alicyclic amines) is 1. The molecule has 1 saturated carbocycles. The third kappa shape index (κ3) is 4.79. The minimum Gasteiger partial charge on any atom is -0.373 e. The summed E-state index contributed by atoms with van der Waals surface area (Å²) in [6, 6.07) is 3.24. The van der Waals surface area contributed by atoms with Crippen LogP contribution in [-0.4, -0.2) is 73.6 Å². The largest absolute Gasteiger partial charge is 0.373 e. The van der Waals surface area contributed by atoms with Crippen molar-refractivity contribution in [3.8, 4) is 0 Å². The molecule has 1 amide bonds. The lowest BCUT2D eigenvalue weighted by atomic mass is 9.89. The van der Waals surface area contributed by atoms with E-state index in [1.54, 1.807) is 10.4 Å². The number of amides is 1. The Morgan fingerprint density at radius 2 is 2.09 bits per heavy atom. The molecule has 1 aliphatic carbocycles. The smallest absolute Gasteiger partial charge is 0.243 e. The highest BCUT2D eigenvalue weighted by molar-refractivity contribution is 7.88. The number of hydrogen-bond acceptors (Lipinski definition) is 5. The molecule has 1 aromatic rings. The quantitative estimate of drug-likeness (QED) is 0.672. The van der Waals surface area contributed by atoms with Crippen LogP contribution < -0.4 is 10.6 Å². The van der Waals surface area contributed by atoms with Crippen LogP contribution in [0.25, 0.3) is 0 Å². The molecule has 0 spiro atoms. The number of nitrogens with zero attached hydrogens (tertiary/aromatic N) is 2. The van der Waals surface area contributed by atoms with Gasteiger partial charge < -0.3 is 10.6 Å². The minimum absolute atomic E-state index is 0.0318. The second-order valence-electron chi connectivity index (χ2n) is 9.55. The fourth-order valence-corrected chi connectivity index (χ4v) is 6.94. The number of fused-ring (bicyclic) bond motifs is 1. The van der Waals surface area contributed by atoms with Gasteiger partial charge in [-0.05, 0) is 50.7 Å². The molecule has 0 aromatic heterocycles. The van der Waals surface area contributed by atoms with Gasteiger partial charge in [0.2, 0.25) is 15.9 Å². The number of carbonyl (C=O) groups is 1. The van der Waals surface area contributed by atoms with Gasteiger partial charge in [-0.2, -0.15) is 4.31 Å². The molecule has 7 nitrogen and oxygen atoms in total. The monoisotopic (exact) mass is 466 g/mol. The summed E-state index contributed by atoms with van der Waals surface area (Å²) in [6.07, 6.45) is 6.43. The summed E-state index contributed by atoms with van der Waals surface area (Å²) < 4.78 is 39.9. The van der Waals surface area contributed by atoms with Crippen molar-refractivity contribution < 1.29 is 17.6 Å². The molecule has 1 aromatic carbocycles. The predicted molar refractivity (Wildman–Crippen MR) is 124 cm³/mol. The number of nitrogens with one attached hydrogen (secondary N) is 2. The highest BCUT2D eigenvalue weighted by atomic mass is 32.2. The van der Waals surface area contributed by atoms with Crippen LogP contribution in [-0.2, 0) is 21.2 Å². The number of halogens is 1. The van der Waals surface area contributed by atoms with E-state index < -0.39 is 16.1 Å². The summed E-state index contributed by atoms with van der Waals surface area (Å²) in [7, 11) is -3.20. The SMILES string of the molecule is CCN([C@H]1CCN([C@H]2CCC[C@@H](NC(=O)C3Cc4c(F)ccc(C)c4N3)C2)C1)S(C)(=O)=O. The molecule has 2 heterocycles. The van der Waals surface area contributed by atoms with Crippen molar-refractivity contribution in [2.75, 3.05) is 31.2 Å². The highest BCUT2D eigenvalue weighted by Gasteiger charge is 2.37. The number of aryl methyl sites for hydroxylation is 1. The van der Waals surface area contributed by atoms with Gasteiger partial charge in [-0.3, -0.25) is 9.69 Å². The Balaban J connectivity index is 1.33. The second kappa shape index (κ2) is 9.27. The van der Waals surface area contributed by atoms with E-state index in [9.17, 15) is 17.6 Å². The average molecular weight is 467 g/mol. The summed E-state index contributed by atoms with van der Waals surface area (Å²) in [5.74, 6) is -0.330. The van der Waals surface area contributed by atoms with Crippen LogP contribution in [0.5, 0.6) is 0 Å². The maximum Gasteiger partial charge on any atom is 0.243 e. The fourth-order valence-electron chi connectivity index (χ4n) is 5.75. The topological polar surface area (TPSA) is 81.8 Å². The van der Waals surface area contributed by atoms with Gasteiger partial charge in [0.05, 0.1) is 6.26 Å². The third-order valence-corrected chi connectivity index (χ3v) is 8.76. The first-order valence-corrected chi connectivity index (χ1v) is 13.6. The van der Waals surface area contributed by atoms with Gasteiger partial charge in [0, 0.05) is 55.4 Å². The lowest BCUT2D eigenvalue weighted by molar-refractivity contribution is -0.122. The maximum absolute atomic E-state index is 14.2. The van der Waals surface area contributed by atoms with Crippen LogP contribution in [0.4, 0.5) is 10.1 Å². The van der Waals surface area contributed by atoms with Crippen molar-refractivity contribution in [1.29, 1.82) is 0 Å². The van der Waals surface area contributed by atoms with Crippen molar-refractivity contribution in [2.45, 2.75) is 76.5 Å². The summed E-state index contributed by atoms with van der Waals surface area (Å²) in [6.45, 7) is 5.95. The van der Waals surface area contributed by atoms with E-state index in [0.29, 0.717) is 24.6 Å². The fraction of sp³-hybridized carbons (Fsp3) is 0.696. The molecule has 2 N–H and O–H groups in total. The molecule has 4 rings (SSSR count). The van der Waals surface area contributed by atoms with Crippen LogP contribution in [0.3, 0.4) is 0 Å². The number of anilines is 1. The Kier molecular flexibility index (Phi) is 6.79. The molecule has 32 heavy (non-hydrogen) atoms. The van der Waals surface area contributed by atoms with Gasteiger partial charge in [-0.15, -0.1) is 0 Å². The Bertz CT molecular complexity index is 939. The van der Waals surface area contributed by atoms with Gasteiger partial charge in [0.15, 0.2) is 0 Å². The standard InChI is InChI=1S/C23H35FN4O3S/c1-4-28(32(3,30)31)18-10-11-27(14-18)17-7-5-6-16(12-17)25-23(29)21-13-19-20(24)9-8-15(2)22(19)26-21/h8-9,16-18,21,26H,4-7,10-14H2,1-3H3,(H,25,29)/t16-,17+,18+,21?/m1/s1. The maximum atomic E-state index is 14.2. The van der Waals surface area contributed by atoms with E-state index in [4.69, 9.17) is 0 Å². The number of rotatable bonds is 6. The molecule has 2 fully saturated rings. The van der Waals surface area contributed by atoms with Gasteiger partial charge in [0.25, 0.3) is 0 Å². The summed E-state index contributed by atoms with van der Waals surface area (Å²) in [5, 5.41) is 6.41. The Hall–Kier alpha value is -1.71. The van der Waals surface area contributed by atoms with E-state index in [2.05, 4.69) is 15.5 Å². The van der Waals surface area contributed by atoms with Gasteiger partial charge in [-0.25, -0.2) is 12.8 Å². The Morgan fingerprint density at radius 3 is 2.78 bits per heavy atom. The van der Waals surface area contributed by atoms with Crippen molar-refractivity contribution in [3.63, 3.8) is 0 Å². The molecule has 2 aliphatic heterocycles. The normalized spacial score (nSPS) is 28.5. The lowest BCUT2D eigenvalue weighted by Crippen LogP contribution is -2.49. The average Bonchev–Trinajstić information content (AvgIpc) is 3.39. The van der Waals surface area contributed by atoms with Crippen LogP contribution >= 0.6 is 0 Å². The van der Waals surface area contributed by atoms with Gasteiger partial charge >= 0.3 is 0 Å². The Labute approximate surface area is 190 Å². The predicted octanol–water partition coefficient (Wildman–Crippen LogP) is 2.25. The zero-order chi connectivity index (χ0) is 23.0. The molecule has 4 atom stereocenters. The van der Waals surface area contributed by atoms with Gasteiger partial charge in [0.1, 0.15) is 11.9 Å². The first kappa shape index (κ1) is 23.4. The van der Waals surface area contributed by atoms with Crippen LogP contribution in [0.15, 0.2) is 12.1 Å². The van der Waals surface area contributed by atoms with E-state index in [1.165, 1.54) is 12.3 Å².